The number of rotatable bonds is 19. The minimum absolute atomic E-state index is 0.0260. The highest BCUT2D eigenvalue weighted by molar-refractivity contribution is 7.92. The molecule has 0 aromatic heterocycles. The maximum atomic E-state index is 12.2. The summed E-state index contributed by atoms with van der Waals surface area (Å²) in [4.78, 5) is 1.95. The normalized spacial score (nSPS) is 14.3. The summed E-state index contributed by atoms with van der Waals surface area (Å²) in [6.45, 7) is 1.98. The van der Waals surface area contributed by atoms with Gasteiger partial charge in [-0.05, 0) is 89.9 Å². The van der Waals surface area contributed by atoms with Crippen molar-refractivity contribution in [3.05, 3.63) is 159 Å². The summed E-state index contributed by atoms with van der Waals surface area (Å²) in [6, 6.07) is 30.8. The maximum Gasteiger partial charge on any atom is 0.229 e. The van der Waals surface area contributed by atoms with Crippen LogP contribution < -0.4 is 19.1 Å². The molecule has 4 rings (SSSR count). The molecule has 0 fully saturated rings. The van der Waals surface area contributed by atoms with Crippen LogP contribution in [-0.2, 0) is 30.1 Å². The Bertz CT molecular complexity index is 3150. The Morgan fingerprint density at radius 3 is 1.76 bits per heavy atom. The smallest absolute Gasteiger partial charge is 0.229 e. The fraction of sp³-hybridized carbons (Fsp3) is 0.213. The van der Waals surface area contributed by atoms with E-state index < -0.39 is 36.0 Å². The Labute approximate surface area is 386 Å². The van der Waals surface area contributed by atoms with Gasteiger partial charge < -0.3 is 10.3 Å². The molecule has 1 unspecified atom stereocenters. The number of nitrogens with one attached hydrogen (secondary N) is 3. The van der Waals surface area contributed by atoms with Crippen molar-refractivity contribution in [3.8, 4) is 30.3 Å². The van der Waals surface area contributed by atoms with Crippen LogP contribution in [0.3, 0.4) is 0 Å². The fourth-order valence-corrected chi connectivity index (χ4v) is 8.60. The molecule has 1 aliphatic carbocycles. The zero-order chi connectivity index (χ0) is 48.7. The van der Waals surface area contributed by atoms with Gasteiger partial charge in [-0.1, -0.05) is 67.6 Å². The number of allylic oxidation sites excluding steroid dienone is 12. The van der Waals surface area contributed by atoms with E-state index >= 15 is 0 Å². The monoisotopic (exact) mass is 939 g/mol. The van der Waals surface area contributed by atoms with Crippen LogP contribution in [0.15, 0.2) is 142 Å². The van der Waals surface area contributed by atoms with Gasteiger partial charge in [-0.25, -0.2) is 35.8 Å². The third-order valence-corrected chi connectivity index (χ3v) is 11.7. The second-order valence-electron chi connectivity index (χ2n) is 14.8. The van der Waals surface area contributed by atoms with Crippen LogP contribution in [0, 0.1) is 62.6 Å². The predicted octanol–water partition coefficient (Wildman–Crippen LogP) is 6.96. The molecule has 0 aliphatic heterocycles. The lowest BCUT2D eigenvalue weighted by Gasteiger charge is -2.28. The second kappa shape index (κ2) is 22.7. The molecule has 0 saturated carbocycles. The van der Waals surface area contributed by atoms with E-state index in [0.717, 1.165) is 35.6 Å². The van der Waals surface area contributed by atoms with Crippen LogP contribution in [0.1, 0.15) is 37.3 Å². The molecule has 0 radical (unpaired) electrons. The average molecular weight is 940 g/mol. The van der Waals surface area contributed by atoms with E-state index in [0.29, 0.717) is 29.7 Å². The second-order valence-corrected chi connectivity index (χ2v) is 20.2. The first kappa shape index (κ1) is 50.9. The first-order valence-corrected chi connectivity index (χ1v) is 25.4. The van der Waals surface area contributed by atoms with Gasteiger partial charge in [-0.2, -0.15) is 26.3 Å². The third kappa shape index (κ3) is 14.4. The molecule has 3 aromatic rings. The standard InChI is InChI=1S/C47H43N10O6S3/c1-33(44(32-53)46(40(30-51)31-52)35-19-23-42(24-20-35)56-66(4,62)63)13-14-37-16-15-36(47(37)57(26-25-54-64(2,58)59)43-11-6-5-7-12-43)9-8-10-38(27-48)45(39(28-49)29-50)34-17-21-41(22-18-34)55-65(3,60)61/h5-12,14,17-24,33,54-56H,13,15-16,25-26H2,1-4H3/q-1/b9-8+,37-14+,38-10+,46-44-. The van der Waals surface area contributed by atoms with Crippen LogP contribution in [0.4, 0.5) is 17.1 Å². The molecule has 3 N–H and O–H groups in total. The molecule has 66 heavy (non-hydrogen) atoms. The van der Waals surface area contributed by atoms with Crippen molar-refractivity contribution in [1.82, 2.24) is 4.72 Å². The Morgan fingerprint density at radius 1 is 0.727 bits per heavy atom. The highest BCUT2D eigenvalue weighted by atomic mass is 32.2. The van der Waals surface area contributed by atoms with E-state index in [1.165, 1.54) is 54.6 Å². The Kier molecular flexibility index (Phi) is 17.5. The molecule has 19 heteroatoms. The minimum Gasteiger partial charge on any atom is -0.762 e. The lowest BCUT2D eigenvalue weighted by molar-refractivity contribution is 0.587. The van der Waals surface area contributed by atoms with Gasteiger partial charge in [-0.3, -0.25) is 9.44 Å². The first-order chi connectivity index (χ1) is 31.3. The topological polar surface area (TPSA) is 283 Å². The molecule has 0 saturated heterocycles. The van der Waals surface area contributed by atoms with Crippen LogP contribution in [0.5, 0.6) is 0 Å². The van der Waals surface area contributed by atoms with Crippen molar-refractivity contribution in [2.24, 2.45) is 5.92 Å². The van der Waals surface area contributed by atoms with E-state index in [9.17, 15) is 57.0 Å². The first-order valence-electron chi connectivity index (χ1n) is 19.8. The molecule has 1 aliphatic rings. The zero-order valence-corrected chi connectivity index (χ0v) is 38.7. The highest BCUT2D eigenvalue weighted by Gasteiger charge is 2.26. The number of sulfonamides is 3. The number of anilines is 3. The molecular formula is C47H43N10O6S3-. The number of para-hydroxylation sites is 1. The number of hydrogen-bond donors (Lipinski definition) is 3. The number of benzene rings is 3. The summed E-state index contributed by atoms with van der Waals surface area (Å²) in [5, 5.41) is 60.5. The van der Waals surface area contributed by atoms with Gasteiger partial charge in [0.05, 0.1) is 42.1 Å². The molecule has 1 atom stereocenters. The lowest BCUT2D eigenvalue weighted by atomic mass is 9.86. The Morgan fingerprint density at radius 2 is 1.29 bits per heavy atom. The average Bonchev–Trinajstić information content (AvgIpc) is 3.66. The molecular weight excluding hydrogens is 897 g/mol. The summed E-state index contributed by atoms with van der Waals surface area (Å²) in [6.07, 6.45) is 11.0. The van der Waals surface area contributed by atoms with Gasteiger partial charge in [-0.15, -0.1) is 0 Å². The number of hydrogen-bond acceptors (Lipinski definition) is 12. The lowest BCUT2D eigenvalue weighted by Crippen LogP contribution is -2.34. The van der Waals surface area contributed by atoms with Crippen molar-refractivity contribution in [2.45, 2.75) is 26.2 Å². The van der Waals surface area contributed by atoms with Crippen molar-refractivity contribution < 1.29 is 25.3 Å². The Balaban J connectivity index is 1.88. The molecule has 0 amide bonds. The number of nitriles is 5. The molecule has 0 bridgehead atoms. The SMILES string of the molecule is CC(C/C=C1\CCC(/C=C/C=C(\C#N)C(=C(C#N)C#N)c2ccc(NS(C)(=O)=O)cc2)=C1N(CCNS(C)(=O)=O)c1ccccc1)/C(C#N)=C(\C(=C=[N-])C#N)c1ccc(NS(C)(=O)=O)cc1. The van der Waals surface area contributed by atoms with Gasteiger partial charge in [0.15, 0.2) is 0 Å². The van der Waals surface area contributed by atoms with Crippen molar-refractivity contribution in [1.29, 1.82) is 26.3 Å². The van der Waals surface area contributed by atoms with Crippen LogP contribution >= 0.6 is 0 Å². The number of nitrogens with zero attached hydrogens (tertiary/aromatic N) is 7. The van der Waals surface area contributed by atoms with E-state index in [1.54, 1.807) is 19.1 Å². The van der Waals surface area contributed by atoms with Crippen molar-refractivity contribution in [2.75, 3.05) is 46.2 Å². The van der Waals surface area contributed by atoms with Crippen molar-refractivity contribution in [3.63, 3.8) is 0 Å². The largest absolute Gasteiger partial charge is 0.762 e. The molecule has 3 aromatic carbocycles. The quantitative estimate of drug-likeness (QED) is 0.0625. The summed E-state index contributed by atoms with van der Waals surface area (Å²) >= 11 is 0. The van der Waals surface area contributed by atoms with Gasteiger partial charge >= 0.3 is 0 Å². The fourth-order valence-electron chi connectivity index (χ4n) is 7.01. The van der Waals surface area contributed by atoms with E-state index in [2.05, 4.69) is 26.3 Å². The van der Waals surface area contributed by atoms with Gasteiger partial charge in [0.25, 0.3) is 0 Å². The maximum absolute atomic E-state index is 12.2. The Hall–Kier alpha value is -7.79. The van der Waals surface area contributed by atoms with Gasteiger partial charge in [0.1, 0.15) is 23.8 Å². The van der Waals surface area contributed by atoms with Gasteiger partial charge in [0.2, 0.25) is 30.1 Å². The summed E-state index contributed by atoms with van der Waals surface area (Å²) in [7, 11) is -10.8. The van der Waals surface area contributed by atoms with Crippen LogP contribution in [0.25, 0.3) is 16.6 Å². The van der Waals surface area contributed by atoms with Gasteiger partial charge in [0, 0.05) is 52.6 Å². The summed E-state index contributed by atoms with van der Waals surface area (Å²) < 4.78 is 78.7. The van der Waals surface area contributed by atoms with E-state index in [1.807, 2.05) is 65.4 Å². The molecule has 0 spiro atoms. The summed E-state index contributed by atoms with van der Waals surface area (Å²) in [5.41, 5.74) is 3.77. The van der Waals surface area contributed by atoms with Crippen LogP contribution in [0.2, 0.25) is 0 Å². The third-order valence-electron chi connectivity index (χ3n) is 9.76. The minimum atomic E-state index is -3.59. The molecule has 16 nitrogen and oxygen atoms in total. The van der Waals surface area contributed by atoms with Crippen molar-refractivity contribution >= 4 is 64.1 Å². The molecule has 0 heterocycles. The van der Waals surface area contributed by atoms with Crippen LogP contribution in [-0.4, -0.2) is 63.0 Å². The summed E-state index contributed by atoms with van der Waals surface area (Å²) in [5.74, 6) is 1.33. The van der Waals surface area contributed by atoms with E-state index in [-0.39, 0.29) is 64.3 Å². The van der Waals surface area contributed by atoms with E-state index in [4.69, 9.17) is 0 Å². The molecule has 336 valence electrons. The zero-order valence-electron chi connectivity index (χ0n) is 36.2. The highest BCUT2D eigenvalue weighted by Crippen LogP contribution is 2.39. The predicted molar refractivity (Wildman–Crippen MR) is 256 cm³/mol.